The largest absolute Gasteiger partial charge is 0.303 e. The number of carbonyl (C=O) groups excluding carboxylic acids is 1. The van der Waals surface area contributed by atoms with E-state index in [1.54, 1.807) is 11.7 Å². The topological polar surface area (TPSA) is 34.9 Å². The molecule has 1 heterocycles. The Kier molecular flexibility index (Phi) is 2.52. The van der Waals surface area contributed by atoms with E-state index in [-0.39, 0.29) is 5.92 Å². The molecule has 1 unspecified atom stereocenters. The van der Waals surface area contributed by atoms with E-state index in [9.17, 15) is 4.79 Å². The molecule has 1 rings (SSSR count). The Hall–Kier alpha value is -0.830. The van der Waals surface area contributed by atoms with Crippen molar-refractivity contribution in [1.82, 2.24) is 9.78 Å². The molecule has 0 saturated heterocycles. The molecule has 0 aliphatic carbocycles. The van der Waals surface area contributed by atoms with E-state index < -0.39 is 0 Å². The van der Waals surface area contributed by atoms with Crippen LogP contribution in [0.4, 0.5) is 0 Å². The highest BCUT2D eigenvalue weighted by Gasteiger charge is 2.16. The van der Waals surface area contributed by atoms with Gasteiger partial charge in [0, 0.05) is 18.5 Å². The third kappa shape index (κ3) is 1.37. The summed E-state index contributed by atoms with van der Waals surface area (Å²) < 4.78 is 1.58. The number of aromatic nitrogens is 2. The maximum absolute atomic E-state index is 10.5. The molecule has 3 nitrogen and oxygen atoms in total. The number of aryl methyl sites for hydroxylation is 2. The number of hydrogen-bond donors (Lipinski definition) is 0. The van der Waals surface area contributed by atoms with E-state index in [0.717, 1.165) is 17.5 Å². The van der Waals surface area contributed by atoms with Crippen molar-refractivity contribution in [3.05, 3.63) is 16.4 Å². The molecule has 0 spiro atoms. The summed E-state index contributed by atoms with van der Waals surface area (Å²) >= 11 is 5.93. The second-order valence-electron chi connectivity index (χ2n) is 2.84. The molecule has 0 radical (unpaired) electrons. The molecule has 0 aromatic carbocycles. The van der Waals surface area contributed by atoms with Crippen LogP contribution in [0.25, 0.3) is 0 Å². The molecule has 0 saturated carbocycles. The predicted molar refractivity (Wildman–Crippen MR) is 47.4 cm³/mol. The van der Waals surface area contributed by atoms with Gasteiger partial charge in [-0.2, -0.15) is 5.10 Å². The lowest BCUT2D eigenvalue weighted by atomic mass is 10.0. The van der Waals surface area contributed by atoms with Gasteiger partial charge in [-0.1, -0.05) is 18.5 Å². The summed E-state index contributed by atoms with van der Waals surface area (Å²) in [7, 11) is 1.76. The van der Waals surface area contributed by atoms with Gasteiger partial charge in [0.2, 0.25) is 0 Å². The average Bonchev–Trinajstić information content (AvgIpc) is 2.26. The average molecular weight is 187 g/mol. The summed E-state index contributed by atoms with van der Waals surface area (Å²) in [5.74, 6) is -0.175. The first-order valence-electron chi connectivity index (χ1n) is 3.72. The quantitative estimate of drug-likeness (QED) is 0.659. The zero-order valence-electron chi connectivity index (χ0n) is 7.34. The number of nitrogens with zero attached hydrogens (tertiary/aromatic N) is 2. The van der Waals surface area contributed by atoms with Gasteiger partial charge in [-0.05, 0) is 6.92 Å². The maximum Gasteiger partial charge on any atom is 0.130 e. The summed E-state index contributed by atoms with van der Waals surface area (Å²) in [5.41, 5.74) is 1.65. The van der Waals surface area contributed by atoms with Gasteiger partial charge < -0.3 is 4.79 Å². The molecule has 0 aliphatic rings. The van der Waals surface area contributed by atoms with Crippen molar-refractivity contribution in [1.29, 1.82) is 0 Å². The summed E-state index contributed by atoms with van der Waals surface area (Å²) in [6.45, 7) is 3.66. The van der Waals surface area contributed by atoms with Gasteiger partial charge in [-0.25, -0.2) is 0 Å². The van der Waals surface area contributed by atoms with Gasteiger partial charge in [-0.15, -0.1) is 0 Å². The van der Waals surface area contributed by atoms with Crippen molar-refractivity contribution in [2.24, 2.45) is 7.05 Å². The Labute approximate surface area is 76.3 Å². The smallest absolute Gasteiger partial charge is 0.130 e. The predicted octanol–water partition coefficient (Wildman–Crippen LogP) is 1.68. The van der Waals surface area contributed by atoms with Crippen LogP contribution in [-0.4, -0.2) is 16.1 Å². The molecule has 0 aliphatic heterocycles. The standard InChI is InChI=1S/C8H11ClN2O/c1-5(4-12)7-6(2)10-11(3)8(7)9/h4-5H,1-3H3. The number of hydrogen-bond acceptors (Lipinski definition) is 2. The SMILES string of the molecule is Cc1nn(C)c(Cl)c1C(C)C=O. The number of aldehydes is 1. The van der Waals surface area contributed by atoms with E-state index in [2.05, 4.69) is 5.10 Å². The van der Waals surface area contributed by atoms with Crippen LogP contribution in [0, 0.1) is 6.92 Å². The molecular weight excluding hydrogens is 176 g/mol. The number of rotatable bonds is 2. The fourth-order valence-electron chi connectivity index (χ4n) is 1.23. The molecular formula is C8H11ClN2O. The second-order valence-corrected chi connectivity index (χ2v) is 3.20. The van der Waals surface area contributed by atoms with Crippen LogP contribution in [0.2, 0.25) is 5.15 Å². The van der Waals surface area contributed by atoms with Crippen molar-refractivity contribution in [2.75, 3.05) is 0 Å². The van der Waals surface area contributed by atoms with Crippen LogP contribution in [0.5, 0.6) is 0 Å². The summed E-state index contributed by atoms with van der Waals surface area (Å²) in [4.78, 5) is 10.5. The van der Waals surface area contributed by atoms with E-state index in [1.165, 1.54) is 0 Å². The normalized spacial score (nSPS) is 13.0. The lowest BCUT2D eigenvalue weighted by Gasteiger charge is -2.01. The van der Waals surface area contributed by atoms with Gasteiger partial charge in [0.15, 0.2) is 0 Å². The molecule has 1 aromatic heterocycles. The Bertz CT molecular complexity index is 306. The van der Waals surface area contributed by atoms with Crippen LogP contribution in [0.1, 0.15) is 24.1 Å². The van der Waals surface area contributed by atoms with Crippen molar-refractivity contribution < 1.29 is 4.79 Å². The molecule has 4 heteroatoms. The first kappa shape index (κ1) is 9.26. The second kappa shape index (κ2) is 3.27. The molecule has 0 amide bonds. The first-order valence-corrected chi connectivity index (χ1v) is 4.10. The van der Waals surface area contributed by atoms with Crippen molar-refractivity contribution >= 4 is 17.9 Å². The van der Waals surface area contributed by atoms with Crippen molar-refractivity contribution in [3.8, 4) is 0 Å². The lowest BCUT2D eigenvalue weighted by Crippen LogP contribution is -1.96. The monoisotopic (exact) mass is 186 g/mol. The van der Waals surface area contributed by atoms with Crippen LogP contribution < -0.4 is 0 Å². The van der Waals surface area contributed by atoms with Crippen LogP contribution in [0.15, 0.2) is 0 Å². The molecule has 0 N–H and O–H groups in total. The van der Waals surface area contributed by atoms with E-state index >= 15 is 0 Å². The van der Waals surface area contributed by atoms with E-state index in [4.69, 9.17) is 11.6 Å². The number of halogens is 1. The Morgan fingerprint density at radius 2 is 2.25 bits per heavy atom. The molecule has 1 atom stereocenters. The Morgan fingerprint density at radius 1 is 1.67 bits per heavy atom. The highest BCUT2D eigenvalue weighted by atomic mass is 35.5. The lowest BCUT2D eigenvalue weighted by molar-refractivity contribution is -0.108. The number of carbonyl (C=O) groups is 1. The zero-order valence-corrected chi connectivity index (χ0v) is 8.09. The van der Waals surface area contributed by atoms with Crippen molar-refractivity contribution in [2.45, 2.75) is 19.8 Å². The highest BCUT2D eigenvalue weighted by molar-refractivity contribution is 6.30. The fraction of sp³-hybridized carbons (Fsp3) is 0.500. The van der Waals surface area contributed by atoms with Crippen LogP contribution in [-0.2, 0) is 11.8 Å². The molecule has 12 heavy (non-hydrogen) atoms. The third-order valence-corrected chi connectivity index (χ3v) is 2.30. The maximum atomic E-state index is 10.5. The first-order chi connectivity index (χ1) is 5.57. The molecule has 1 aromatic rings. The zero-order chi connectivity index (χ0) is 9.30. The van der Waals surface area contributed by atoms with Gasteiger partial charge in [0.1, 0.15) is 11.4 Å². The Morgan fingerprint density at radius 3 is 2.58 bits per heavy atom. The minimum Gasteiger partial charge on any atom is -0.303 e. The molecule has 0 bridgehead atoms. The van der Waals surface area contributed by atoms with E-state index in [1.807, 2.05) is 13.8 Å². The summed E-state index contributed by atoms with van der Waals surface area (Å²) in [6.07, 6.45) is 0.871. The van der Waals surface area contributed by atoms with Gasteiger partial charge >= 0.3 is 0 Å². The van der Waals surface area contributed by atoms with Gasteiger partial charge in [0.25, 0.3) is 0 Å². The minimum absolute atomic E-state index is 0.175. The summed E-state index contributed by atoms with van der Waals surface area (Å²) in [5, 5.41) is 4.65. The molecule has 0 fully saturated rings. The van der Waals surface area contributed by atoms with Gasteiger partial charge in [0.05, 0.1) is 5.69 Å². The fourth-order valence-corrected chi connectivity index (χ4v) is 1.58. The summed E-state index contributed by atoms with van der Waals surface area (Å²) in [6, 6.07) is 0. The van der Waals surface area contributed by atoms with Crippen LogP contribution in [0.3, 0.4) is 0 Å². The van der Waals surface area contributed by atoms with Crippen LogP contribution >= 0.6 is 11.6 Å². The third-order valence-electron chi connectivity index (χ3n) is 1.86. The van der Waals surface area contributed by atoms with Crippen molar-refractivity contribution in [3.63, 3.8) is 0 Å². The molecule has 66 valence electrons. The van der Waals surface area contributed by atoms with Gasteiger partial charge in [-0.3, -0.25) is 4.68 Å². The Balaban J connectivity index is 3.21. The highest BCUT2D eigenvalue weighted by Crippen LogP contribution is 2.25. The van der Waals surface area contributed by atoms with E-state index in [0.29, 0.717) is 5.15 Å². The minimum atomic E-state index is -0.175.